The molecule has 2 saturated heterocycles. The summed E-state index contributed by atoms with van der Waals surface area (Å²) in [5.74, 6) is -0.532. The van der Waals surface area contributed by atoms with Crippen LogP contribution >= 0.6 is 24.0 Å². The second-order valence-electron chi connectivity index (χ2n) is 7.57. The number of carboxylic acids is 1. The number of pyridine rings is 1. The van der Waals surface area contributed by atoms with Gasteiger partial charge in [0.05, 0.1) is 4.91 Å². The molecule has 8 nitrogen and oxygen atoms in total. The maximum atomic E-state index is 12.8. The highest BCUT2D eigenvalue weighted by atomic mass is 32.2. The van der Waals surface area contributed by atoms with Crippen LogP contribution in [0.15, 0.2) is 9.70 Å². The zero-order valence-corrected chi connectivity index (χ0v) is 18.6. The van der Waals surface area contributed by atoms with E-state index in [1.165, 1.54) is 4.57 Å². The second-order valence-corrected chi connectivity index (χ2v) is 9.24. The predicted molar refractivity (Wildman–Crippen MR) is 119 cm³/mol. The summed E-state index contributed by atoms with van der Waals surface area (Å²) in [5.41, 5.74) is 0.758. The third kappa shape index (κ3) is 4.00. The molecule has 158 valence electrons. The van der Waals surface area contributed by atoms with E-state index in [9.17, 15) is 19.6 Å². The second kappa shape index (κ2) is 8.62. The number of aromatic nitrogens is 1. The van der Waals surface area contributed by atoms with Crippen molar-refractivity contribution in [3.8, 4) is 6.07 Å². The lowest BCUT2D eigenvalue weighted by molar-refractivity contribution is -0.140. The highest BCUT2D eigenvalue weighted by molar-refractivity contribution is 8.26. The standard InChI is InChI=1S/C20H22N4O4S2/c1-11-5-4-6-23(9-11)17-13(12(2)14(8-21)18(27)22(17)3)7-15-19(28)24(10-16(25)26)20(29)30-15/h7,11H,4-6,9-10H2,1-3H3,(H,25,26)/b15-7+. The number of amides is 1. The Labute approximate surface area is 183 Å². The summed E-state index contributed by atoms with van der Waals surface area (Å²) < 4.78 is 1.64. The summed E-state index contributed by atoms with van der Waals surface area (Å²) in [6.45, 7) is 4.87. The molecule has 10 heteroatoms. The molecule has 0 aliphatic carbocycles. The van der Waals surface area contributed by atoms with E-state index in [0.717, 1.165) is 42.6 Å². The van der Waals surface area contributed by atoms with Crippen molar-refractivity contribution >= 4 is 52.1 Å². The lowest BCUT2D eigenvalue weighted by Gasteiger charge is -2.35. The summed E-state index contributed by atoms with van der Waals surface area (Å²) >= 11 is 6.20. The molecule has 1 aromatic rings. The van der Waals surface area contributed by atoms with E-state index in [0.29, 0.717) is 22.9 Å². The third-order valence-electron chi connectivity index (χ3n) is 5.37. The number of carboxylic acid groups (broad SMARTS) is 1. The van der Waals surface area contributed by atoms with Crippen molar-refractivity contribution in [2.24, 2.45) is 13.0 Å². The molecule has 0 aromatic carbocycles. The van der Waals surface area contributed by atoms with Gasteiger partial charge in [-0.25, -0.2) is 0 Å². The number of anilines is 1. The summed E-state index contributed by atoms with van der Waals surface area (Å²) in [5, 5.41) is 18.6. The van der Waals surface area contributed by atoms with Gasteiger partial charge in [0, 0.05) is 25.7 Å². The van der Waals surface area contributed by atoms with E-state index in [2.05, 4.69) is 11.8 Å². The number of hydrogen-bond donors (Lipinski definition) is 1. The van der Waals surface area contributed by atoms with E-state index >= 15 is 0 Å². The van der Waals surface area contributed by atoms with Crippen LogP contribution in [0.1, 0.15) is 36.5 Å². The molecule has 2 aliphatic heterocycles. The van der Waals surface area contributed by atoms with Crippen molar-refractivity contribution in [1.82, 2.24) is 9.47 Å². The van der Waals surface area contributed by atoms with Crippen molar-refractivity contribution < 1.29 is 14.7 Å². The van der Waals surface area contributed by atoms with E-state index in [4.69, 9.17) is 17.3 Å². The molecule has 0 saturated carbocycles. The number of thioether (sulfide) groups is 1. The van der Waals surface area contributed by atoms with E-state index in [1.807, 2.05) is 6.07 Å². The molecule has 1 aromatic heterocycles. The van der Waals surface area contributed by atoms with Gasteiger partial charge in [-0.1, -0.05) is 30.9 Å². The summed E-state index contributed by atoms with van der Waals surface area (Å²) in [6.07, 6.45) is 3.71. The Kier molecular flexibility index (Phi) is 6.33. The molecule has 0 bridgehead atoms. The van der Waals surface area contributed by atoms with Gasteiger partial charge < -0.3 is 10.0 Å². The number of thiocarbonyl (C=S) groups is 1. The van der Waals surface area contributed by atoms with Crippen LogP contribution in [0.5, 0.6) is 0 Å². The smallest absolute Gasteiger partial charge is 0.323 e. The number of carbonyl (C=O) groups excluding carboxylic acids is 1. The van der Waals surface area contributed by atoms with Crippen LogP contribution in [0.2, 0.25) is 0 Å². The minimum absolute atomic E-state index is 0.0265. The lowest BCUT2D eigenvalue weighted by atomic mass is 9.98. The van der Waals surface area contributed by atoms with E-state index in [1.54, 1.807) is 20.0 Å². The van der Waals surface area contributed by atoms with Gasteiger partial charge in [0.15, 0.2) is 0 Å². The molecule has 1 unspecified atom stereocenters. The quantitative estimate of drug-likeness (QED) is 0.554. The van der Waals surface area contributed by atoms with Crippen LogP contribution in [0.25, 0.3) is 6.08 Å². The zero-order valence-electron chi connectivity index (χ0n) is 17.0. The maximum Gasteiger partial charge on any atom is 0.323 e. The first-order valence-corrected chi connectivity index (χ1v) is 10.7. The fourth-order valence-corrected chi connectivity index (χ4v) is 5.12. The Morgan fingerprint density at radius 3 is 2.73 bits per heavy atom. The predicted octanol–water partition coefficient (Wildman–Crippen LogP) is 2.09. The summed E-state index contributed by atoms with van der Waals surface area (Å²) in [6, 6.07) is 1.98. The van der Waals surface area contributed by atoms with Crippen LogP contribution in [0.4, 0.5) is 5.82 Å². The average Bonchev–Trinajstić information content (AvgIpc) is 2.94. The number of aliphatic carboxylic acids is 1. The van der Waals surface area contributed by atoms with Gasteiger partial charge in [0.25, 0.3) is 11.5 Å². The minimum atomic E-state index is -1.15. The van der Waals surface area contributed by atoms with Gasteiger partial charge in [0.1, 0.15) is 28.3 Å². The number of nitrogens with zero attached hydrogens (tertiary/aromatic N) is 4. The van der Waals surface area contributed by atoms with E-state index < -0.39 is 18.4 Å². The Bertz CT molecular complexity index is 1070. The molecular weight excluding hydrogens is 424 g/mol. The number of piperidine rings is 1. The van der Waals surface area contributed by atoms with Crippen LogP contribution in [-0.2, 0) is 16.6 Å². The Balaban J connectivity index is 2.17. The van der Waals surface area contributed by atoms with Crippen LogP contribution in [0, 0.1) is 24.2 Å². The van der Waals surface area contributed by atoms with Crippen molar-refractivity contribution in [2.45, 2.75) is 26.7 Å². The van der Waals surface area contributed by atoms with Crippen LogP contribution in [-0.4, -0.2) is 50.4 Å². The third-order valence-corrected chi connectivity index (χ3v) is 6.74. The van der Waals surface area contributed by atoms with Gasteiger partial charge >= 0.3 is 5.97 Å². The molecule has 0 spiro atoms. The maximum absolute atomic E-state index is 12.8. The fourth-order valence-electron chi connectivity index (χ4n) is 3.88. The van der Waals surface area contributed by atoms with E-state index in [-0.39, 0.29) is 20.3 Å². The molecule has 1 atom stereocenters. The number of nitriles is 1. The molecule has 0 radical (unpaired) electrons. The van der Waals surface area contributed by atoms with Crippen LogP contribution < -0.4 is 10.5 Å². The van der Waals surface area contributed by atoms with Crippen molar-refractivity contribution in [2.75, 3.05) is 24.5 Å². The van der Waals surface area contributed by atoms with Crippen LogP contribution in [0.3, 0.4) is 0 Å². The Morgan fingerprint density at radius 2 is 2.13 bits per heavy atom. The van der Waals surface area contributed by atoms with Crippen molar-refractivity contribution in [3.05, 3.63) is 31.9 Å². The van der Waals surface area contributed by atoms with Gasteiger partial charge in [-0.2, -0.15) is 5.26 Å². The monoisotopic (exact) mass is 446 g/mol. The first kappa shape index (κ1) is 22.1. The molecule has 2 fully saturated rings. The lowest BCUT2D eigenvalue weighted by Crippen LogP contribution is -2.39. The van der Waals surface area contributed by atoms with Gasteiger partial charge in [-0.15, -0.1) is 0 Å². The molecule has 1 N–H and O–H groups in total. The average molecular weight is 447 g/mol. The number of rotatable bonds is 4. The summed E-state index contributed by atoms with van der Waals surface area (Å²) in [4.78, 5) is 40.0. The molecule has 1 amide bonds. The largest absolute Gasteiger partial charge is 0.480 e. The number of hydrogen-bond acceptors (Lipinski definition) is 7. The highest BCUT2D eigenvalue weighted by Gasteiger charge is 2.34. The van der Waals surface area contributed by atoms with Crippen molar-refractivity contribution in [3.63, 3.8) is 0 Å². The fraction of sp³-hybridized carbons (Fsp3) is 0.450. The molecular formula is C20H22N4O4S2. The minimum Gasteiger partial charge on any atom is -0.480 e. The van der Waals surface area contributed by atoms with Gasteiger partial charge in [-0.3, -0.25) is 23.9 Å². The first-order chi connectivity index (χ1) is 14.1. The number of carbonyl (C=O) groups is 2. The zero-order chi connectivity index (χ0) is 22.2. The molecule has 2 aliphatic rings. The van der Waals surface area contributed by atoms with Crippen molar-refractivity contribution in [1.29, 1.82) is 5.26 Å². The molecule has 30 heavy (non-hydrogen) atoms. The first-order valence-electron chi connectivity index (χ1n) is 9.51. The molecule has 3 rings (SSSR count). The van der Waals surface area contributed by atoms with Gasteiger partial charge in [0.2, 0.25) is 0 Å². The Hall–Kier alpha value is -2.64. The normalized spacial score (nSPS) is 20.7. The van der Waals surface area contributed by atoms with Gasteiger partial charge in [-0.05, 0) is 37.3 Å². The SMILES string of the molecule is Cc1c(/C=C2/SC(=S)N(CC(=O)O)C2=O)c(N2CCCC(C)C2)n(C)c(=O)c1C#N. The Morgan fingerprint density at radius 1 is 1.43 bits per heavy atom. The molecule has 3 heterocycles. The summed E-state index contributed by atoms with van der Waals surface area (Å²) in [7, 11) is 1.63. The topological polar surface area (TPSA) is 107 Å². The highest BCUT2D eigenvalue weighted by Crippen LogP contribution is 2.36.